The molecule has 0 heterocycles. The molecule has 0 radical (unpaired) electrons. The van der Waals surface area contributed by atoms with E-state index >= 15 is 0 Å². The summed E-state index contributed by atoms with van der Waals surface area (Å²) < 4.78 is 9.01. The van der Waals surface area contributed by atoms with Crippen LogP contribution in [0.4, 0.5) is 0 Å². The van der Waals surface area contributed by atoms with Gasteiger partial charge in [-0.2, -0.15) is 0 Å². The van der Waals surface area contributed by atoms with Crippen LogP contribution in [0.2, 0.25) is 37.3 Å². The van der Waals surface area contributed by atoms with Gasteiger partial charge in [0.1, 0.15) is 8.24 Å². The molecule has 0 amide bonds. The van der Waals surface area contributed by atoms with Crippen molar-refractivity contribution in [2.75, 3.05) is 39.3 Å². The summed E-state index contributed by atoms with van der Waals surface area (Å²) in [4.78, 5) is 2.69. The molecule has 0 aromatic heterocycles. The van der Waals surface area contributed by atoms with Crippen LogP contribution in [-0.4, -0.2) is 65.3 Å². The quantitative estimate of drug-likeness (QED) is 0.189. The van der Waals surface area contributed by atoms with Crippen molar-refractivity contribution in [2.24, 2.45) is 0 Å². The zero-order valence-electron chi connectivity index (χ0n) is 20.2. The Morgan fingerprint density at radius 2 is 1.22 bits per heavy atom. The van der Waals surface area contributed by atoms with Gasteiger partial charge in [-0.05, 0) is 83.1 Å². The summed E-state index contributed by atoms with van der Waals surface area (Å²) in [7, 11) is -2.70. The molecule has 0 unspecified atom stereocenters. The van der Waals surface area contributed by atoms with E-state index in [1.165, 1.54) is 82.6 Å². The van der Waals surface area contributed by atoms with E-state index in [1.807, 2.05) is 0 Å². The normalized spacial score (nSPS) is 13.1. The molecule has 27 heavy (non-hydrogen) atoms. The molecule has 0 rings (SSSR count). The van der Waals surface area contributed by atoms with Gasteiger partial charge in [-0.3, -0.25) is 0 Å². The van der Waals surface area contributed by atoms with Gasteiger partial charge in [-0.15, -0.1) is 0 Å². The highest BCUT2D eigenvalue weighted by molar-refractivity contribution is 6.77. The van der Waals surface area contributed by atoms with Crippen LogP contribution in [0.3, 0.4) is 0 Å². The van der Waals surface area contributed by atoms with Crippen LogP contribution < -0.4 is 0 Å². The number of hydrogen-bond acceptors (Lipinski definition) is 3. The zero-order valence-corrected chi connectivity index (χ0v) is 22.2. The average Bonchev–Trinajstić information content (AvgIpc) is 2.64. The summed E-state index contributed by atoms with van der Waals surface area (Å²) in [6.07, 6.45) is 5.23. The van der Waals surface area contributed by atoms with Crippen molar-refractivity contribution in [3.8, 4) is 0 Å². The van der Waals surface area contributed by atoms with Crippen molar-refractivity contribution in [1.29, 1.82) is 0 Å². The molecule has 0 saturated heterocycles. The number of nitrogens with zero attached hydrogens (tertiary/aromatic N) is 2. The molecule has 0 spiro atoms. The fraction of sp³-hybridized carbons (Fsp3) is 1.00. The Balaban J connectivity index is 4.84. The van der Waals surface area contributed by atoms with E-state index in [4.69, 9.17) is 4.43 Å². The minimum absolute atomic E-state index is 0.883. The van der Waals surface area contributed by atoms with Crippen LogP contribution in [0.1, 0.15) is 67.2 Å². The van der Waals surface area contributed by atoms with Crippen molar-refractivity contribution in [1.82, 2.24) is 9.47 Å². The predicted octanol–water partition coefficient (Wildman–Crippen LogP) is 6.44. The fourth-order valence-electron chi connectivity index (χ4n) is 4.55. The highest BCUT2D eigenvalue weighted by atomic mass is 28.4. The lowest BCUT2D eigenvalue weighted by molar-refractivity contribution is 0.244. The van der Waals surface area contributed by atoms with E-state index in [2.05, 4.69) is 64.1 Å². The van der Waals surface area contributed by atoms with Crippen LogP contribution in [0, 0.1) is 0 Å². The summed E-state index contributed by atoms with van der Waals surface area (Å²) in [6.45, 7) is 26.1. The van der Waals surface area contributed by atoms with E-state index in [0.717, 1.165) is 6.61 Å². The lowest BCUT2D eigenvalue weighted by atomic mass is 10.3. The maximum atomic E-state index is 6.03. The molecule has 0 N–H and O–H groups in total. The van der Waals surface area contributed by atoms with E-state index < -0.39 is 16.6 Å². The Morgan fingerprint density at radius 3 is 1.67 bits per heavy atom. The Morgan fingerprint density at radius 1 is 0.667 bits per heavy atom. The highest BCUT2D eigenvalue weighted by Gasteiger charge is 2.34. The maximum absolute atomic E-state index is 6.03. The molecule has 5 heteroatoms. The lowest BCUT2D eigenvalue weighted by Crippen LogP contribution is -2.54. The monoisotopic (exact) mass is 416 g/mol. The van der Waals surface area contributed by atoms with Crippen molar-refractivity contribution in [2.45, 2.75) is 104 Å². The summed E-state index contributed by atoms with van der Waals surface area (Å²) in [5.74, 6) is 0. The minimum Gasteiger partial charge on any atom is -0.418 e. The van der Waals surface area contributed by atoms with Crippen molar-refractivity contribution >= 4 is 16.6 Å². The molecule has 3 nitrogen and oxygen atoms in total. The Labute approximate surface area is 174 Å². The van der Waals surface area contributed by atoms with Gasteiger partial charge >= 0.3 is 0 Å². The molecular formula is C22H52N2OSi2. The van der Waals surface area contributed by atoms with Gasteiger partial charge in [0.05, 0.1) is 0 Å². The van der Waals surface area contributed by atoms with E-state index in [-0.39, 0.29) is 0 Å². The molecule has 0 aliphatic rings. The van der Waals surface area contributed by atoms with E-state index in [9.17, 15) is 0 Å². The molecule has 0 bridgehead atoms. The molecule has 0 aromatic carbocycles. The molecule has 0 aromatic rings. The van der Waals surface area contributed by atoms with Crippen LogP contribution in [0.15, 0.2) is 0 Å². The minimum atomic E-state index is -1.42. The van der Waals surface area contributed by atoms with Crippen molar-refractivity contribution < 1.29 is 4.43 Å². The predicted molar refractivity (Wildman–Crippen MR) is 129 cm³/mol. The molecule has 164 valence electrons. The Bertz CT molecular complexity index is 335. The second-order valence-corrected chi connectivity index (χ2v) is 18.3. The number of hydrogen-bond donors (Lipinski definition) is 0. The number of unbranched alkanes of at least 4 members (excludes halogenated alkanes) is 1. The first-order valence-electron chi connectivity index (χ1n) is 12.0. The molecule has 0 aliphatic carbocycles. The van der Waals surface area contributed by atoms with E-state index in [1.54, 1.807) is 0 Å². The molecule has 0 atom stereocenters. The van der Waals surface area contributed by atoms with Gasteiger partial charge in [-0.1, -0.05) is 41.0 Å². The standard InChI is InChI=1S/C22H52N2OSi2/c1-9-17-23(18-10-2)20-21-24(27(12-4,13-5)14-6)19-15-16-22-26(7,8)25-11-3/h9-22H2,1-8H3. The molecule has 0 saturated carbocycles. The fourth-order valence-corrected chi connectivity index (χ4v) is 10.6. The largest absolute Gasteiger partial charge is 0.418 e. The second-order valence-electron chi connectivity index (χ2n) is 8.76. The van der Waals surface area contributed by atoms with Crippen molar-refractivity contribution in [3.05, 3.63) is 0 Å². The third-order valence-electron chi connectivity index (χ3n) is 6.40. The summed E-state index contributed by atoms with van der Waals surface area (Å²) in [6, 6.07) is 5.52. The summed E-state index contributed by atoms with van der Waals surface area (Å²) in [5.41, 5.74) is 0. The molecular weight excluding hydrogens is 364 g/mol. The van der Waals surface area contributed by atoms with Gasteiger partial charge < -0.3 is 13.9 Å². The van der Waals surface area contributed by atoms with Crippen LogP contribution >= 0.6 is 0 Å². The Kier molecular flexibility index (Phi) is 15.4. The smallest absolute Gasteiger partial charge is 0.186 e. The SMILES string of the molecule is CCCN(CCC)CCN(CCCC[Si](C)(C)OCC)[Si](CC)(CC)CC. The van der Waals surface area contributed by atoms with Crippen LogP contribution in [0.5, 0.6) is 0 Å². The van der Waals surface area contributed by atoms with Gasteiger partial charge in [0.25, 0.3) is 0 Å². The van der Waals surface area contributed by atoms with Gasteiger partial charge in [0, 0.05) is 19.7 Å². The van der Waals surface area contributed by atoms with Gasteiger partial charge in [0.2, 0.25) is 0 Å². The van der Waals surface area contributed by atoms with Crippen LogP contribution in [-0.2, 0) is 4.43 Å². The van der Waals surface area contributed by atoms with Gasteiger partial charge in [0.15, 0.2) is 8.32 Å². The first-order valence-corrected chi connectivity index (χ1v) is 17.6. The highest BCUT2D eigenvalue weighted by Crippen LogP contribution is 2.26. The topological polar surface area (TPSA) is 15.7 Å². The average molecular weight is 417 g/mol. The maximum Gasteiger partial charge on any atom is 0.186 e. The molecule has 0 fully saturated rings. The molecule has 0 aliphatic heterocycles. The first kappa shape index (κ1) is 27.3. The van der Waals surface area contributed by atoms with Crippen molar-refractivity contribution in [3.63, 3.8) is 0 Å². The van der Waals surface area contributed by atoms with Crippen LogP contribution in [0.25, 0.3) is 0 Å². The first-order chi connectivity index (χ1) is 12.8. The van der Waals surface area contributed by atoms with E-state index in [0.29, 0.717) is 0 Å². The number of rotatable bonds is 18. The Hall–Kier alpha value is 0.314. The zero-order chi connectivity index (χ0) is 20.8. The summed E-state index contributed by atoms with van der Waals surface area (Å²) >= 11 is 0. The third-order valence-corrected chi connectivity index (χ3v) is 14.8. The van der Waals surface area contributed by atoms with Gasteiger partial charge in [-0.25, -0.2) is 0 Å². The lowest BCUT2D eigenvalue weighted by Gasteiger charge is -2.42. The third kappa shape index (κ3) is 10.6. The second kappa shape index (κ2) is 15.2. The summed E-state index contributed by atoms with van der Waals surface area (Å²) in [5, 5.41) is 0.